The number of hydrazone groups is 1. The lowest BCUT2D eigenvalue weighted by molar-refractivity contribution is -0.123. The molecule has 27 heavy (non-hydrogen) atoms. The number of ether oxygens (including phenoxy) is 2. The van der Waals surface area contributed by atoms with Gasteiger partial charge in [0.25, 0.3) is 5.91 Å². The van der Waals surface area contributed by atoms with Crippen molar-refractivity contribution >= 4 is 39.1 Å². The van der Waals surface area contributed by atoms with Crippen molar-refractivity contribution in [1.29, 1.82) is 0 Å². The number of nitrogens with zero attached hydrogens (tertiary/aromatic N) is 1. The van der Waals surface area contributed by atoms with Crippen LogP contribution < -0.4 is 20.2 Å². The van der Waals surface area contributed by atoms with Crippen molar-refractivity contribution < 1.29 is 19.1 Å². The Balaban J connectivity index is 1.79. The van der Waals surface area contributed by atoms with Crippen LogP contribution in [0.4, 0.5) is 5.69 Å². The minimum absolute atomic E-state index is 0.0506. The molecule has 0 atom stereocenters. The summed E-state index contributed by atoms with van der Waals surface area (Å²) in [6.07, 6.45) is 0.0506. The first-order valence-corrected chi connectivity index (χ1v) is 8.91. The normalized spacial score (nSPS) is 10.9. The molecule has 2 aromatic carbocycles. The molecular formula is C19H20BrN3O4. The Kier molecular flexibility index (Phi) is 7.81. The number of rotatable bonds is 8. The highest BCUT2D eigenvalue weighted by molar-refractivity contribution is 9.10. The van der Waals surface area contributed by atoms with Gasteiger partial charge in [-0.05, 0) is 47.1 Å². The first-order valence-electron chi connectivity index (χ1n) is 8.11. The molecule has 2 N–H and O–H groups in total. The summed E-state index contributed by atoms with van der Waals surface area (Å²) in [7, 11) is 1.52. The van der Waals surface area contributed by atoms with Crippen LogP contribution in [0.3, 0.4) is 0 Å². The predicted molar refractivity (Wildman–Crippen MR) is 107 cm³/mol. The van der Waals surface area contributed by atoms with E-state index < -0.39 is 5.91 Å². The molecule has 0 saturated heterocycles. The topological polar surface area (TPSA) is 89.0 Å². The monoisotopic (exact) mass is 433 g/mol. The Labute approximate surface area is 165 Å². The number of hydrogen-bond donors (Lipinski definition) is 2. The smallest absolute Gasteiger partial charge is 0.277 e. The number of anilines is 1. The molecule has 0 spiro atoms. The van der Waals surface area contributed by atoms with E-state index in [9.17, 15) is 9.59 Å². The highest BCUT2D eigenvalue weighted by Gasteiger charge is 2.09. The van der Waals surface area contributed by atoms with Crippen LogP contribution in [0.2, 0.25) is 0 Å². The van der Waals surface area contributed by atoms with Crippen molar-refractivity contribution in [3.63, 3.8) is 0 Å². The van der Waals surface area contributed by atoms with Gasteiger partial charge in [0.1, 0.15) is 0 Å². The third-order valence-electron chi connectivity index (χ3n) is 3.36. The molecule has 0 unspecified atom stereocenters. The van der Waals surface area contributed by atoms with E-state index in [-0.39, 0.29) is 18.9 Å². The zero-order chi connectivity index (χ0) is 19.6. The van der Waals surface area contributed by atoms with Crippen molar-refractivity contribution in [1.82, 2.24) is 5.43 Å². The van der Waals surface area contributed by atoms with Gasteiger partial charge >= 0.3 is 0 Å². The molecule has 0 fully saturated rings. The van der Waals surface area contributed by atoms with Crippen molar-refractivity contribution in [2.45, 2.75) is 13.3 Å². The summed E-state index contributed by atoms with van der Waals surface area (Å²) in [5.74, 6) is 0.325. The van der Waals surface area contributed by atoms with E-state index in [4.69, 9.17) is 9.47 Å². The Morgan fingerprint density at radius 1 is 1.04 bits per heavy atom. The molecule has 0 bridgehead atoms. The third-order valence-corrected chi connectivity index (χ3v) is 4.06. The number of benzene rings is 2. The highest BCUT2D eigenvalue weighted by Crippen LogP contribution is 2.25. The Morgan fingerprint density at radius 2 is 1.70 bits per heavy atom. The van der Waals surface area contributed by atoms with Gasteiger partial charge in [0.2, 0.25) is 5.91 Å². The molecule has 0 aliphatic rings. The number of nitrogens with one attached hydrogen (secondary N) is 2. The van der Waals surface area contributed by atoms with E-state index in [1.807, 2.05) is 18.2 Å². The fraction of sp³-hybridized carbons (Fsp3) is 0.211. The molecule has 2 aromatic rings. The minimum atomic E-state index is -0.438. The molecule has 0 aromatic heterocycles. The van der Waals surface area contributed by atoms with E-state index in [0.29, 0.717) is 22.9 Å². The Bertz CT molecular complexity index is 839. The summed E-state index contributed by atoms with van der Waals surface area (Å²) < 4.78 is 11.3. The lowest BCUT2D eigenvalue weighted by Crippen LogP contribution is -2.26. The van der Waals surface area contributed by atoms with Crippen LogP contribution in [-0.2, 0) is 9.59 Å². The second-order valence-electron chi connectivity index (χ2n) is 5.53. The number of amides is 2. The first kappa shape index (κ1) is 20.4. The summed E-state index contributed by atoms with van der Waals surface area (Å²) in [5, 5.41) is 6.69. The molecule has 0 aliphatic heterocycles. The number of halogens is 1. The van der Waals surface area contributed by atoms with Gasteiger partial charge in [0.15, 0.2) is 18.1 Å². The largest absolute Gasteiger partial charge is 0.493 e. The molecule has 0 aliphatic carbocycles. The van der Waals surface area contributed by atoms with Gasteiger partial charge in [-0.25, -0.2) is 5.43 Å². The lowest BCUT2D eigenvalue weighted by Gasteiger charge is -2.09. The average Bonchev–Trinajstić information content (AvgIpc) is 2.66. The second-order valence-corrected chi connectivity index (χ2v) is 6.38. The summed E-state index contributed by atoms with van der Waals surface area (Å²) in [4.78, 5) is 23.9. The third kappa shape index (κ3) is 6.74. The van der Waals surface area contributed by atoms with Crippen molar-refractivity contribution in [2.24, 2.45) is 5.10 Å². The molecule has 2 rings (SSSR count). The van der Waals surface area contributed by atoms with E-state index in [1.165, 1.54) is 7.11 Å². The maximum Gasteiger partial charge on any atom is 0.277 e. The van der Waals surface area contributed by atoms with Crippen molar-refractivity contribution in [2.75, 3.05) is 19.0 Å². The van der Waals surface area contributed by atoms with Crippen molar-refractivity contribution in [3.8, 4) is 11.5 Å². The summed E-state index contributed by atoms with van der Waals surface area (Å²) in [6.45, 7) is 1.43. The SMILES string of the molecule is COc1ccccc1OCC(=O)N/N=C(/C)CC(=O)Nc1ccccc1Br. The van der Waals surface area contributed by atoms with Gasteiger partial charge in [-0.3, -0.25) is 9.59 Å². The maximum atomic E-state index is 12.0. The highest BCUT2D eigenvalue weighted by atomic mass is 79.9. The zero-order valence-electron chi connectivity index (χ0n) is 15.0. The summed E-state index contributed by atoms with van der Waals surface area (Å²) in [6, 6.07) is 14.3. The van der Waals surface area contributed by atoms with Crippen molar-refractivity contribution in [3.05, 3.63) is 53.0 Å². The predicted octanol–water partition coefficient (Wildman–Crippen LogP) is 3.36. The van der Waals surface area contributed by atoms with Crippen LogP contribution in [0.5, 0.6) is 11.5 Å². The Hall–Kier alpha value is -2.87. The van der Waals surface area contributed by atoms with E-state index in [0.717, 1.165) is 4.47 Å². The quantitative estimate of drug-likeness (QED) is 0.493. The number of carbonyl (C=O) groups excluding carboxylic acids is 2. The number of para-hydroxylation sites is 3. The second kappa shape index (κ2) is 10.3. The molecule has 142 valence electrons. The van der Waals surface area contributed by atoms with Gasteiger partial charge in [-0.15, -0.1) is 0 Å². The van der Waals surface area contributed by atoms with Crippen LogP contribution in [0.1, 0.15) is 13.3 Å². The summed E-state index contributed by atoms with van der Waals surface area (Å²) in [5.41, 5.74) is 3.50. The number of carbonyl (C=O) groups is 2. The van der Waals surface area contributed by atoms with Crippen LogP contribution in [0.25, 0.3) is 0 Å². The minimum Gasteiger partial charge on any atom is -0.493 e. The standard InChI is InChI=1S/C19H20BrN3O4/c1-13(11-18(24)21-15-8-4-3-7-14(15)20)22-23-19(25)12-27-17-10-6-5-9-16(17)26-2/h3-10H,11-12H2,1-2H3,(H,21,24)(H,23,25)/b22-13-. The maximum absolute atomic E-state index is 12.0. The van der Waals surface area contributed by atoms with E-state index >= 15 is 0 Å². The van der Waals surface area contributed by atoms with Crippen LogP contribution in [0, 0.1) is 0 Å². The van der Waals surface area contributed by atoms with Crippen LogP contribution in [0.15, 0.2) is 58.1 Å². The fourth-order valence-electron chi connectivity index (χ4n) is 2.10. The van der Waals surface area contributed by atoms with Gasteiger partial charge in [0, 0.05) is 10.2 Å². The van der Waals surface area contributed by atoms with E-state index in [1.54, 1.807) is 37.3 Å². The molecule has 0 radical (unpaired) electrons. The molecule has 2 amide bonds. The molecular weight excluding hydrogens is 414 g/mol. The molecule has 0 heterocycles. The number of hydrogen-bond acceptors (Lipinski definition) is 5. The molecule has 7 nitrogen and oxygen atoms in total. The Morgan fingerprint density at radius 3 is 2.41 bits per heavy atom. The first-order chi connectivity index (χ1) is 13.0. The van der Waals surface area contributed by atoms with Gasteiger partial charge in [0.05, 0.1) is 19.2 Å². The fourth-order valence-corrected chi connectivity index (χ4v) is 2.48. The van der Waals surface area contributed by atoms with Crippen LogP contribution in [-0.4, -0.2) is 31.2 Å². The van der Waals surface area contributed by atoms with Gasteiger partial charge in [-0.2, -0.15) is 5.10 Å². The summed E-state index contributed by atoms with van der Waals surface area (Å²) >= 11 is 3.36. The average molecular weight is 434 g/mol. The number of methoxy groups -OCH3 is 1. The molecule has 0 saturated carbocycles. The van der Waals surface area contributed by atoms with E-state index in [2.05, 4.69) is 31.8 Å². The lowest BCUT2D eigenvalue weighted by atomic mass is 10.2. The van der Waals surface area contributed by atoms with Crippen LogP contribution >= 0.6 is 15.9 Å². The van der Waals surface area contributed by atoms with Gasteiger partial charge < -0.3 is 14.8 Å². The zero-order valence-corrected chi connectivity index (χ0v) is 16.6. The molecule has 8 heteroatoms. The van der Waals surface area contributed by atoms with Gasteiger partial charge in [-0.1, -0.05) is 24.3 Å².